The van der Waals surface area contributed by atoms with Crippen molar-refractivity contribution in [2.24, 2.45) is 0 Å². The fraction of sp³-hybridized carbons (Fsp3) is 0.200. The molecule has 0 spiro atoms. The maximum atomic E-state index is 13.8. The lowest BCUT2D eigenvalue weighted by molar-refractivity contribution is 0.0947. The molecule has 9 heteroatoms. The molecule has 0 unspecified atom stereocenters. The molecule has 0 saturated heterocycles. The smallest absolute Gasteiger partial charge is 0.273 e. The lowest BCUT2D eigenvalue weighted by Crippen LogP contribution is -2.24. The number of methoxy groups -OCH3 is 2. The van der Waals surface area contributed by atoms with Gasteiger partial charge in [-0.3, -0.25) is 4.79 Å². The highest BCUT2D eigenvalue weighted by molar-refractivity contribution is 9.11. The summed E-state index contributed by atoms with van der Waals surface area (Å²) in [6.07, 6.45) is 0. The molecule has 0 aliphatic heterocycles. The van der Waals surface area contributed by atoms with E-state index in [0.29, 0.717) is 26.0 Å². The average molecular weight is 480 g/mol. The number of aromatic nitrogens is 1. The van der Waals surface area contributed by atoms with Crippen LogP contribution in [0.1, 0.15) is 21.6 Å². The number of thiazole rings is 1. The Balaban J connectivity index is 1.69. The normalized spacial score (nSPS) is 10.5. The molecule has 0 radical (unpaired) electrons. The molecule has 152 valence electrons. The van der Waals surface area contributed by atoms with Gasteiger partial charge < -0.3 is 20.1 Å². The van der Waals surface area contributed by atoms with Gasteiger partial charge in [0.05, 0.1) is 14.2 Å². The molecular weight excluding hydrogens is 461 g/mol. The maximum Gasteiger partial charge on any atom is 0.273 e. The van der Waals surface area contributed by atoms with Crippen molar-refractivity contribution in [3.8, 4) is 11.5 Å². The van der Waals surface area contributed by atoms with Crippen molar-refractivity contribution in [1.29, 1.82) is 0 Å². The van der Waals surface area contributed by atoms with E-state index in [1.807, 2.05) is 6.07 Å². The Morgan fingerprint density at radius 1 is 1.14 bits per heavy atom. The summed E-state index contributed by atoms with van der Waals surface area (Å²) in [4.78, 5) is 16.9. The van der Waals surface area contributed by atoms with Crippen LogP contribution in [0.4, 0.5) is 9.39 Å². The van der Waals surface area contributed by atoms with Crippen LogP contribution in [0.3, 0.4) is 0 Å². The van der Waals surface area contributed by atoms with Crippen molar-refractivity contribution in [3.05, 3.63) is 69.0 Å². The zero-order valence-corrected chi connectivity index (χ0v) is 18.2. The van der Waals surface area contributed by atoms with Crippen LogP contribution in [-0.4, -0.2) is 25.1 Å². The predicted molar refractivity (Wildman–Crippen MR) is 114 cm³/mol. The van der Waals surface area contributed by atoms with E-state index in [2.05, 4.69) is 31.5 Å². The quantitative estimate of drug-likeness (QED) is 0.493. The molecule has 3 aromatic rings. The third kappa shape index (κ3) is 5.24. The van der Waals surface area contributed by atoms with E-state index in [-0.39, 0.29) is 30.5 Å². The zero-order chi connectivity index (χ0) is 20.8. The number of halogens is 2. The van der Waals surface area contributed by atoms with E-state index < -0.39 is 0 Å². The predicted octanol–water partition coefficient (Wildman–Crippen LogP) is 4.60. The van der Waals surface area contributed by atoms with Crippen LogP contribution < -0.4 is 20.1 Å². The van der Waals surface area contributed by atoms with Crippen molar-refractivity contribution in [2.75, 3.05) is 19.5 Å². The molecule has 1 heterocycles. The summed E-state index contributed by atoms with van der Waals surface area (Å²) in [5, 5.41) is 6.49. The van der Waals surface area contributed by atoms with Crippen LogP contribution in [0.2, 0.25) is 0 Å². The lowest BCUT2D eigenvalue weighted by atomic mass is 10.2. The second kappa shape index (κ2) is 9.71. The van der Waals surface area contributed by atoms with Crippen molar-refractivity contribution in [2.45, 2.75) is 13.1 Å². The number of hydrogen-bond acceptors (Lipinski definition) is 6. The molecule has 3 rings (SSSR count). The summed E-state index contributed by atoms with van der Waals surface area (Å²) in [6, 6.07) is 11.9. The fourth-order valence-electron chi connectivity index (χ4n) is 2.64. The number of ether oxygens (including phenoxy) is 2. The van der Waals surface area contributed by atoms with E-state index in [1.165, 1.54) is 17.4 Å². The fourth-order valence-corrected chi connectivity index (χ4v) is 3.99. The Hall–Kier alpha value is -2.65. The zero-order valence-electron chi connectivity index (χ0n) is 15.8. The molecule has 2 N–H and O–H groups in total. The molecule has 1 amide bonds. The highest BCUT2D eigenvalue weighted by Crippen LogP contribution is 2.30. The van der Waals surface area contributed by atoms with Crippen LogP contribution in [0.25, 0.3) is 0 Å². The second-order valence-electron chi connectivity index (χ2n) is 5.95. The molecule has 29 heavy (non-hydrogen) atoms. The molecule has 2 aromatic carbocycles. The molecular formula is C20H19BrFN3O3S. The van der Waals surface area contributed by atoms with Crippen LogP contribution in [0.15, 0.2) is 46.4 Å². The molecule has 0 fully saturated rings. The summed E-state index contributed by atoms with van der Waals surface area (Å²) < 4.78 is 24.9. The van der Waals surface area contributed by atoms with E-state index >= 15 is 0 Å². The minimum Gasteiger partial charge on any atom is -0.497 e. The third-order valence-electron chi connectivity index (χ3n) is 4.15. The molecule has 1 aromatic heterocycles. The Labute approximate surface area is 180 Å². The number of nitrogens with zero attached hydrogens (tertiary/aromatic N) is 1. The summed E-state index contributed by atoms with van der Waals surface area (Å²) in [6.45, 7) is 0.502. The van der Waals surface area contributed by atoms with Crippen molar-refractivity contribution >= 4 is 38.2 Å². The number of hydrogen-bond donors (Lipinski definition) is 2. The van der Waals surface area contributed by atoms with Crippen molar-refractivity contribution < 1.29 is 18.7 Å². The molecule has 0 aliphatic rings. The number of benzene rings is 2. The molecule has 0 bridgehead atoms. The summed E-state index contributed by atoms with van der Waals surface area (Å²) >= 11 is 4.58. The van der Waals surface area contributed by atoms with Gasteiger partial charge in [0.15, 0.2) is 9.61 Å². The first-order valence-corrected chi connectivity index (χ1v) is 10.3. The van der Waals surface area contributed by atoms with Gasteiger partial charge in [-0.15, -0.1) is 0 Å². The second-order valence-corrected chi connectivity index (χ2v) is 8.23. The number of carbonyl (C=O) groups excluding carboxylic acids is 1. The van der Waals surface area contributed by atoms with E-state index in [1.54, 1.807) is 44.6 Å². The lowest BCUT2D eigenvalue weighted by Gasteiger charge is -2.11. The van der Waals surface area contributed by atoms with Crippen molar-refractivity contribution in [3.63, 3.8) is 0 Å². The van der Waals surface area contributed by atoms with E-state index in [0.717, 1.165) is 5.56 Å². The average Bonchev–Trinajstić information content (AvgIpc) is 3.11. The minimum absolute atomic E-state index is 0.241. The topological polar surface area (TPSA) is 72.5 Å². The molecule has 6 nitrogen and oxygen atoms in total. The third-order valence-corrected chi connectivity index (χ3v) is 5.61. The SMILES string of the molecule is COc1ccc(CNC(=O)c2nc(Br)sc2NCc2ccccc2F)c(OC)c1. The summed E-state index contributed by atoms with van der Waals surface area (Å²) in [5.74, 6) is 0.629. The largest absolute Gasteiger partial charge is 0.497 e. The number of nitrogens with one attached hydrogen (secondary N) is 2. The first kappa shape index (κ1) is 21.1. The Morgan fingerprint density at radius 3 is 2.66 bits per heavy atom. The highest BCUT2D eigenvalue weighted by Gasteiger charge is 2.18. The maximum absolute atomic E-state index is 13.8. The van der Waals surface area contributed by atoms with Gasteiger partial charge >= 0.3 is 0 Å². The number of rotatable bonds is 8. The molecule has 0 aliphatic carbocycles. The van der Waals surface area contributed by atoms with Gasteiger partial charge in [-0.25, -0.2) is 9.37 Å². The van der Waals surface area contributed by atoms with E-state index in [9.17, 15) is 9.18 Å². The first-order chi connectivity index (χ1) is 14.0. The Kier molecular flexibility index (Phi) is 7.05. The molecule has 0 saturated carbocycles. The summed E-state index contributed by atoms with van der Waals surface area (Å²) in [7, 11) is 3.13. The van der Waals surface area contributed by atoms with Gasteiger partial charge in [-0.2, -0.15) is 0 Å². The van der Waals surface area contributed by atoms with Gasteiger partial charge in [-0.05, 0) is 34.1 Å². The number of anilines is 1. The Bertz CT molecular complexity index is 1010. The van der Waals surface area contributed by atoms with Gasteiger partial charge in [-0.1, -0.05) is 29.5 Å². The van der Waals surface area contributed by atoms with Gasteiger partial charge in [0.1, 0.15) is 22.3 Å². The van der Waals surface area contributed by atoms with Crippen LogP contribution >= 0.6 is 27.3 Å². The monoisotopic (exact) mass is 479 g/mol. The summed E-state index contributed by atoms with van der Waals surface area (Å²) in [5.41, 5.74) is 1.55. The Morgan fingerprint density at radius 2 is 1.93 bits per heavy atom. The first-order valence-electron chi connectivity index (χ1n) is 8.64. The number of carbonyl (C=O) groups is 1. The van der Waals surface area contributed by atoms with Crippen LogP contribution in [0.5, 0.6) is 11.5 Å². The standard InChI is InChI=1S/C20H19BrFN3O3S/c1-27-14-8-7-13(16(9-14)28-2)11-23-18(26)17-19(29-20(21)25-17)24-10-12-5-3-4-6-15(12)22/h3-9,24H,10-11H2,1-2H3,(H,23,26). The van der Waals surface area contributed by atoms with Gasteiger partial charge in [0.2, 0.25) is 0 Å². The minimum atomic E-state index is -0.346. The highest BCUT2D eigenvalue weighted by atomic mass is 79.9. The van der Waals surface area contributed by atoms with Crippen LogP contribution in [0, 0.1) is 5.82 Å². The molecule has 0 atom stereocenters. The van der Waals surface area contributed by atoms with Crippen molar-refractivity contribution in [1.82, 2.24) is 10.3 Å². The van der Waals surface area contributed by atoms with Gasteiger partial charge in [0.25, 0.3) is 5.91 Å². The van der Waals surface area contributed by atoms with Crippen LogP contribution in [-0.2, 0) is 13.1 Å². The van der Waals surface area contributed by atoms with Gasteiger partial charge in [0, 0.05) is 30.3 Å². The number of amides is 1. The van der Waals surface area contributed by atoms with E-state index in [4.69, 9.17) is 9.47 Å².